The lowest BCUT2D eigenvalue weighted by molar-refractivity contribution is 0.141. The Hall–Kier alpha value is -2.83. The molecule has 0 N–H and O–H groups in total. The molecule has 0 aliphatic carbocycles. The van der Waals surface area contributed by atoms with Gasteiger partial charge in [0.15, 0.2) is 17.5 Å². The third-order valence-corrected chi connectivity index (χ3v) is 6.83. The summed E-state index contributed by atoms with van der Waals surface area (Å²) in [5.41, 5.74) is 0.155. The van der Waals surface area contributed by atoms with E-state index in [-0.39, 0.29) is 38.4 Å². The van der Waals surface area contributed by atoms with Crippen LogP contribution in [0.5, 0.6) is 0 Å². The molecule has 4 rings (SSSR count). The minimum Gasteiger partial charge on any atom is -0.282 e. The molecule has 2 heterocycles. The Morgan fingerprint density at radius 3 is 2.37 bits per heavy atom. The zero-order valence-corrected chi connectivity index (χ0v) is 16.3. The maximum Gasteiger partial charge on any atom is 0.278 e. The molecule has 1 saturated heterocycles. The van der Waals surface area contributed by atoms with Crippen molar-refractivity contribution < 1.29 is 21.6 Å². The number of piperazine rings is 1. The Morgan fingerprint density at radius 1 is 0.933 bits per heavy atom. The van der Waals surface area contributed by atoms with Crippen molar-refractivity contribution in [2.45, 2.75) is 11.6 Å². The molecule has 1 aliphatic heterocycles. The van der Waals surface area contributed by atoms with Crippen LogP contribution in [0.25, 0.3) is 10.9 Å². The molecule has 0 spiro atoms. The molecule has 0 saturated carbocycles. The topological polar surface area (TPSA) is 88.4 Å². The number of fused-ring (bicyclic) bond motifs is 1. The summed E-state index contributed by atoms with van der Waals surface area (Å²) in [6, 6.07) is 8.07. The Kier molecular flexibility index (Phi) is 5.30. The first-order chi connectivity index (χ1) is 14.3. The first-order valence-electron chi connectivity index (χ1n) is 8.97. The fourth-order valence-corrected chi connectivity index (χ4v) is 4.74. The third-order valence-electron chi connectivity index (χ3n) is 4.91. The molecule has 3 aromatic rings. The second-order valence-corrected chi connectivity index (χ2v) is 8.65. The van der Waals surface area contributed by atoms with E-state index < -0.39 is 32.4 Å². The third kappa shape index (κ3) is 3.57. The van der Waals surface area contributed by atoms with Gasteiger partial charge < -0.3 is 0 Å². The van der Waals surface area contributed by atoms with E-state index in [0.717, 1.165) is 4.31 Å². The van der Waals surface area contributed by atoms with Crippen molar-refractivity contribution >= 4 is 20.9 Å². The van der Waals surface area contributed by atoms with Gasteiger partial charge in [-0.05, 0) is 24.3 Å². The number of sulfonamides is 1. The van der Waals surface area contributed by atoms with Crippen LogP contribution in [-0.2, 0) is 16.7 Å². The fraction of sp³-hybridized carbons (Fsp3) is 0.278. The highest BCUT2D eigenvalue weighted by Gasteiger charge is 2.32. The first-order valence-corrected chi connectivity index (χ1v) is 10.4. The number of halogens is 3. The summed E-state index contributed by atoms with van der Waals surface area (Å²) < 4.78 is 68.0. The molecule has 8 nitrogen and oxygen atoms in total. The number of aromatic nitrogens is 3. The van der Waals surface area contributed by atoms with Crippen LogP contribution < -0.4 is 5.56 Å². The maximum atomic E-state index is 14.0. The van der Waals surface area contributed by atoms with E-state index in [1.165, 1.54) is 4.68 Å². The predicted octanol–water partition coefficient (Wildman–Crippen LogP) is 1.17. The van der Waals surface area contributed by atoms with Gasteiger partial charge in [0.1, 0.15) is 10.4 Å². The number of hydrogen-bond acceptors (Lipinski definition) is 6. The van der Waals surface area contributed by atoms with E-state index >= 15 is 0 Å². The number of rotatable bonds is 4. The van der Waals surface area contributed by atoms with Gasteiger partial charge >= 0.3 is 0 Å². The summed E-state index contributed by atoms with van der Waals surface area (Å²) in [5.74, 6) is -5.03. The Balaban J connectivity index is 1.49. The van der Waals surface area contributed by atoms with Crippen LogP contribution in [0.3, 0.4) is 0 Å². The molecule has 12 heteroatoms. The van der Waals surface area contributed by atoms with Crippen LogP contribution in [0.1, 0.15) is 0 Å². The van der Waals surface area contributed by atoms with Crippen molar-refractivity contribution in [1.29, 1.82) is 0 Å². The predicted molar refractivity (Wildman–Crippen MR) is 100 cm³/mol. The number of benzene rings is 2. The smallest absolute Gasteiger partial charge is 0.278 e. The van der Waals surface area contributed by atoms with Gasteiger partial charge in [-0.15, -0.1) is 5.10 Å². The van der Waals surface area contributed by atoms with Crippen LogP contribution in [0.15, 0.2) is 46.1 Å². The molecular weight excluding hydrogens is 423 g/mol. The zero-order chi connectivity index (χ0) is 21.5. The van der Waals surface area contributed by atoms with Crippen molar-refractivity contribution in [2.24, 2.45) is 0 Å². The van der Waals surface area contributed by atoms with Crippen molar-refractivity contribution in [2.75, 3.05) is 26.2 Å². The van der Waals surface area contributed by atoms with Crippen LogP contribution in [-0.4, -0.2) is 58.8 Å². The summed E-state index contributed by atoms with van der Waals surface area (Å²) in [6.07, 6.45) is 0. The number of hydrogen-bond donors (Lipinski definition) is 0. The average Bonchev–Trinajstić information content (AvgIpc) is 2.74. The largest absolute Gasteiger partial charge is 0.282 e. The molecule has 0 amide bonds. The normalized spacial score (nSPS) is 16.2. The van der Waals surface area contributed by atoms with E-state index in [2.05, 4.69) is 10.3 Å². The molecule has 30 heavy (non-hydrogen) atoms. The molecule has 0 atom stereocenters. The highest BCUT2D eigenvalue weighted by Crippen LogP contribution is 2.24. The monoisotopic (exact) mass is 439 g/mol. The average molecular weight is 439 g/mol. The Labute approximate surface area is 169 Å². The molecule has 0 radical (unpaired) electrons. The Bertz CT molecular complexity index is 1270. The summed E-state index contributed by atoms with van der Waals surface area (Å²) in [7, 11) is -4.34. The van der Waals surface area contributed by atoms with Gasteiger partial charge in [0, 0.05) is 26.2 Å². The molecule has 0 bridgehead atoms. The van der Waals surface area contributed by atoms with Crippen molar-refractivity contribution in [3.05, 3.63) is 64.2 Å². The second-order valence-electron chi connectivity index (χ2n) is 6.75. The molecule has 0 unspecified atom stereocenters. The highest BCUT2D eigenvalue weighted by molar-refractivity contribution is 7.89. The number of nitrogens with zero attached hydrogens (tertiary/aromatic N) is 5. The van der Waals surface area contributed by atoms with Crippen LogP contribution in [0.2, 0.25) is 0 Å². The van der Waals surface area contributed by atoms with Crippen LogP contribution in [0.4, 0.5) is 13.2 Å². The first kappa shape index (κ1) is 20.4. The van der Waals surface area contributed by atoms with Crippen molar-refractivity contribution in [3.63, 3.8) is 0 Å². The van der Waals surface area contributed by atoms with Gasteiger partial charge in [-0.2, -0.15) is 8.99 Å². The molecule has 1 aromatic heterocycles. The lowest BCUT2D eigenvalue weighted by atomic mass is 10.2. The summed E-state index contributed by atoms with van der Waals surface area (Å²) in [4.78, 5) is 13.4. The standard InChI is InChI=1S/C18H16F3N5O3S/c19-13-5-6-15(17(21)16(13)20)30(28,29)25-9-7-24(8-10-25)11-26-18(27)12-3-1-2-4-14(12)22-23-26/h1-6H,7-11H2. The highest BCUT2D eigenvalue weighted by atomic mass is 32.2. The fourth-order valence-electron chi connectivity index (χ4n) is 3.26. The minimum absolute atomic E-state index is 0.0173. The maximum absolute atomic E-state index is 14.0. The van der Waals surface area contributed by atoms with Gasteiger partial charge in [0.05, 0.1) is 12.1 Å². The summed E-state index contributed by atoms with van der Waals surface area (Å²) in [6.45, 7) is 0.522. The SMILES string of the molecule is O=c1c2ccccc2nnn1CN1CCN(S(=O)(=O)c2ccc(F)c(F)c2F)CC1. The van der Waals surface area contributed by atoms with Gasteiger partial charge in [-0.3, -0.25) is 9.69 Å². The van der Waals surface area contributed by atoms with Gasteiger partial charge in [0.25, 0.3) is 5.56 Å². The lowest BCUT2D eigenvalue weighted by Gasteiger charge is -2.33. The minimum atomic E-state index is -4.34. The van der Waals surface area contributed by atoms with Gasteiger partial charge in [-0.25, -0.2) is 21.6 Å². The van der Waals surface area contributed by atoms with Gasteiger partial charge in [-0.1, -0.05) is 17.3 Å². The molecule has 1 fully saturated rings. The van der Waals surface area contributed by atoms with Crippen LogP contribution in [0, 0.1) is 17.5 Å². The van der Waals surface area contributed by atoms with Crippen molar-refractivity contribution in [3.8, 4) is 0 Å². The Morgan fingerprint density at radius 2 is 1.63 bits per heavy atom. The zero-order valence-electron chi connectivity index (χ0n) is 15.5. The molecule has 1 aliphatic rings. The summed E-state index contributed by atoms with van der Waals surface area (Å²) in [5, 5.41) is 8.32. The molecule has 2 aromatic carbocycles. The van der Waals surface area contributed by atoms with Crippen LogP contribution >= 0.6 is 0 Å². The second kappa shape index (κ2) is 7.78. The van der Waals surface area contributed by atoms with E-state index in [4.69, 9.17) is 0 Å². The molecular formula is C18H16F3N5O3S. The quantitative estimate of drug-likeness (QED) is 0.568. The van der Waals surface area contributed by atoms with E-state index in [1.54, 1.807) is 29.2 Å². The van der Waals surface area contributed by atoms with E-state index in [0.29, 0.717) is 23.0 Å². The van der Waals surface area contributed by atoms with E-state index in [1.807, 2.05) is 0 Å². The van der Waals surface area contributed by atoms with Crippen molar-refractivity contribution in [1.82, 2.24) is 24.2 Å². The van der Waals surface area contributed by atoms with Gasteiger partial charge in [0.2, 0.25) is 10.0 Å². The van der Waals surface area contributed by atoms with E-state index in [9.17, 15) is 26.4 Å². The lowest BCUT2D eigenvalue weighted by Crippen LogP contribution is -2.50. The summed E-state index contributed by atoms with van der Waals surface area (Å²) >= 11 is 0. The molecule has 158 valence electrons.